The number of benzene rings is 1. The maximum Gasteiger partial charge on any atom is 0.252 e. The van der Waals surface area contributed by atoms with Gasteiger partial charge in [-0.15, -0.1) is 0 Å². The van der Waals surface area contributed by atoms with Gasteiger partial charge in [0.25, 0.3) is 5.91 Å². The summed E-state index contributed by atoms with van der Waals surface area (Å²) >= 11 is 3.46. The summed E-state index contributed by atoms with van der Waals surface area (Å²) in [5.41, 5.74) is 1.79. The zero-order valence-electron chi connectivity index (χ0n) is 10.6. The smallest absolute Gasteiger partial charge is 0.252 e. The fourth-order valence-corrected chi connectivity index (χ4v) is 2.25. The highest BCUT2D eigenvalue weighted by molar-refractivity contribution is 9.10. The first-order valence-corrected chi connectivity index (χ1v) is 7.24. The van der Waals surface area contributed by atoms with E-state index in [2.05, 4.69) is 26.6 Å². The molecule has 0 saturated heterocycles. The first kappa shape index (κ1) is 13.6. The van der Waals surface area contributed by atoms with Gasteiger partial charge in [0.15, 0.2) is 0 Å². The molecule has 1 aliphatic carbocycles. The van der Waals surface area contributed by atoms with Gasteiger partial charge in [0, 0.05) is 17.1 Å². The number of carbonyl (C=O) groups is 1. The second-order valence-corrected chi connectivity index (χ2v) is 5.57. The topological polar surface area (TPSA) is 41.1 Å². The largest absolute Gasteiger partial charge is 0.352 e. The first-order valence-electron chi connectivity index (χ1n) is 6.45. The molecule has 3 nitrogen and oxygen atoms in total. The van der Waals surface area contributed by atoms with E-state index in [4.69, 9.17) is 0 Å². The molecule has 1 fully saturated rings. The average Bonchev–Trinajstić information content (AvgIpc) is 3.16. The second kappa shape index (κ2) is 6.34. The number of rotatable bonds is 6. The molecule has 1 aromatic rings. The van der Waals surface area contributed by atoms with Crippen LogP contribution in [-0.4, -0.2) is 25.0 Å². The Morgan fingerprint density at radius 2 is 2.17 bits per heavy atom. The van der Waals surface area contributed by atoms with Gasteiger partial charge in [0.1, 0.15) is 0 Å². The van der Waals surface area contributed by atoms with Crippen LogP contribution >= 0.6 is 15.9 Å². The molecule has 1 aliphatic rings. The van der Waals surface area contributed by atoms with Gasteiger partial charge < -0.3 is 10.6 Å². The van der Waals surface area contributed by atoms with Crippen molar-refractivity contribution in [1.82, 2.24) is 10.6 Å². The van der Waals surface area contributed by atoms with Crippen LogP contribution < -0.4 is 10.6 Å². The van der Waals surface area contributed by atoms with Gasteiger partial charge in [-0.05, 0) is 60.3 Å². The number of carbonyl (C=O) groups excluding carboxylic acids is 1. The summed E-state index contributed by atoms with van der Waals surface area (Å²) in [5, 5.41) is 6.38. The van der Waals surface area contributed by atoms with Crippen LogP contribution in [0.3, 0.4) is 0 Å². The van der Waals surface area contributed by atoms with Gasteiger partial charge in [-0.3, -0.25) is 4.79 Å². The minimum atomic E-state index is -0.00278. The lowest BCUT2D eigenvalue weighted by atomic mass is 10.1. The molecular weight excluding hydrogens is 292 g/mol. The van der Waals surface area contributed by atoms with Crippen LogP contribution in [0.25, 0.3) is 0 Å². The van der Waals surface area contributed by atoms with Crippen LogP contribution in [0.4, 0.5) is 0 Å². The Bertz CT molecular complexity index is 430. The number of halogens is 1. The van der Waals surface area contributed by atoms with E-state index in [1.165, 1.54) is 12.8 Å². The third-order valence-corrected chi connectivity index (χ3v) is 4.14. The average molecular weight is 311 g/mol. The molecule has 0 heterocycles. The fourth-order valence-electron chi connectivity index (χ4n) is 1.80. The summed E-state index contributed by atoms with van der Waals surface area (Å²) in [7, 11) is 0. The molecule has 0 aromatic heterocycles. The van der Waals surface area contributed by atoms with Crippen molar-refractivity contribution in [3.63, 3.8) is 0 Å². The van der Waals surface area contributed by atoms with Crippen LogP contribution in [0.5, 0.6) is 0 Å². The minimum Gasteiger partial charge on any atom is -0.352 e. The van der Waals surface area contributed by atoms with Crippen molar-refractivity contribution >= 4 is 21.8 Å². The van der Waals surface area contributed by atoms with E-state index in [9.17, 15) is 4.79 Å². The third-order valence-electron chi connectivity index (χ3n) is 3.09. The Balaban J connectivity index is 1.74. The van der Waals surface area contributed by atoms with Gasteiger partial charge in [0.05, 0.1) is 5.56 Å². The molecule has 4 heteroatoms. The van der Waals surface area contributed by atoms with Crippen LogP contribution in [-0.2, 0) is 0 Å². The van der Waals surface area contributed by atoms with Crippen molar-refractivity contribution < 1.29 is 4.79 Å². The van der Waals surface area contributed by atoms with Crippen molar-refractivity contribution in [2.75, 3.05) is 13.1 Å². The van der Waals surface area contributed by atoms with Crippen molar-refractivity contribution in [2.45, 2.75) is 32.2 Å². The van der Waals surface area contributed by atoms with E-state index >= 15 is 0 Å². The second-order valence-electron chi connectivity index (χ2n) is 4.77. The van der Waals surface area contributed by atoms with E-state index in [1.807, 2.05) is 25.1 Å². The Kier molecular flexibility index (Phi) is 4.78. The molecule has 1 saturated carbocycles. The molecular formula is C14H19BrN2O. The zero-order chi connectivity index (χ0) is 13.0. The Hall–Kier alpha value is -0.870. The third kappa shape index (κ3) is 3.82. The molecule has 0 atom stereocenters. The maximum atomic E-state index is 12.0. The van der Waals surface area contributed by atoms with Crippen molar-refractivity contribution in [1.29, 1.82) is 0 Å². The van der Waals surface area contributed by atoms with E-state index < -0.39 is 0 Å². The maximum absolute atomic E-state index is 12.0. The predicted octanol–water partition coefficient (Wildman–Crippen LogP) is 2.63. The number of nitrogens with one attached hydrogen (secondary N) is 2. The molecule has 0 bridgehead atoms. The van der Waals surface area contributed by atoms with Gasteiger partial charge in [0.2, 0.25) is 0 Å². The molecule has 0 spiro atoms. The van der Waals surface area contributed by atoms with E-state index in [-0.39, 0.29) is 5.91 Å². The van der Waals surface area contributed by atoms with Crippen LogP contribution in [0, 0.1) is 6.92 Å². The highest BCUT2D eigenvalue weighted by Gasteiger charge is 2.19. The van der Waals surface area contributed by atoms with E-state index in [0.29, 0.717) is 5.56 Å². The number of hydrogen-bond acceptors (Lipinski definition) is 2. The molecule has 18 heavy (non-hydrogen) atoms. The highest BCUT2D eigenvalue weighted by Crippen LogP contribution is 2.20. The minimum absolute atomic E-state index is 0.00278. The van der Waals surface area contributed by atoms with E-state index in [0.717, 1.165) is 35.6 Å². The Morgan fingerprint density at radius 3 is 2.89 bits per heavy atom. The molecule has 0 aliphatic heterocycles. The summed E-state index contributed by atoms with van der Waals surface area (Å²) in [5.74, 6) is -0.00278. The van der Waals surface area contributed by atoms with Crippen molar-refractivity contribution in [3.05, 3.63) is 33.8 Å². The Labute approximate surface area is 116 Å². The quantitative estimate of drug-likeness (QED) is 0.793. The molecule has 1 aromatic carbocycles. The number of hydrogen-bond donors (Lipinski definition) is 2. The number of aryl methyl sites for hydroxylation is 1. The normalized spacial score (nSPS) is 14.6. The molecule has 1 amide bonds. The lowest BCUT2D eigenvalue weighted by Gasteiger charge is -2.08. The summed E-state index contributed by atoms with van der Waals surface area (Å²) in [6.45, 7) is 3.69. The SMILES string of the molecule is Cc1cccc(C(=O)NCCCNC2CC2)c1Br. The molecule has 98 valence electrons. The van der Waals surface area contributed by atoms with Crippen LogP contribution in [0.15, 0.2) is 22.7 Å². The molecule has 2 N–H and O–H groups in total. The standard InChI is InChI=1S/C14H19BrN2O/c1-10-4-2-5-12(13(10)15)14(18)17-9-3-8-16-11-6-7-11/h2,4-5,11,16H,3,6-9H2,1H3,(H,17,18). The van der Waals surface area contributed by atoms with Gasteiger partial charge >= 0.3 is 0 Å². The van der Waals surface area contributed by atoms with Crippen molar-refractivity contribution in [3.8, 4) is 0 Å². The summed E-state index contributed by atoms with van der Waals surface area (Å²) < 4.78 is 0.888. The summed E-state index contributed by atoms with van der Waals surface area (Å²) in [4.78, 5) is 12.0. The fraction of sp³-hybridized carbons (Fsp3) is 0.500. The monoisotopic (exact) mass is 310 g/mol. The van der Waals surface area contributed by atoms with Crippen LogP contribution in [0.2, 0.25) is 0 Å². The Morgan fingerprint density at radius 1 is 1.39 bits per heavy atom. The first-order chi connectivity index (χ1) is 8.68. The number of amides is 1. The highest BCUT2D eigenvalue weighted by atomic mass is 79.9. The summed E-state index contributed by atoms with van der Waals surface area (Å²) in [6.07, 6.45) is 3.59. The van der Waals surface area contributed by atoms with Gasteiger partial charge in [-0.25, -0.2) is 0 Å². The lowest BCUT2D eigenvalue weighted by molar-refractivity contribution is 0.0952. The zero-order valence-corrected chi connectivity index (χ0v) is 12.2. The van der Waals surface area contributed by atoms with Gasteiger partial charge in [-0.2, -0.15) is 0 Å². The molecule has 2 rings (SSSR count). The molecule has 0 radical (unpaired) electrons. The molecule has 0 unspecified atom stereocenters. The van der Waals surface area contributed by atoms with E-state index in [1.54, 1.807) is 0 Å². The van der Waals surface area contributed by atoms with Gasteiger partial charge in [-0.1, -0.05) is 12.1 Å². The van der Waals surface area contributed by atoms with Crippen LogP contribution in [0.1, 0.15) is 35.2 Å². The predicted molar refractivity (Wildman–Crippen MR) is 76.9 cm³/mol. The van der Waals surface area contributed by atoms with Crippen molar-refractivity contribution in [2.24, 2.45) is 0 Å². The summed E-state index contributed by atoms with van der Waals surface area (Å²) in [6, 6.07) is 6.48. The lowest BCUT2D eigenvalue weighted by Crippen LogP contribution is -2.28.